The summed E-state index contributed by atoms with van der Waals surface area (Å²) >= 11 is 0. The van der Waals surface area contributed by atoms with Crippen LogP contribution in [0.15, 0.2) is 36.5 Å². The van der Waals surface area contributed by atoms with E-state index in [1.165, 1.54) is 13.2 Å². The average molecular weight is 290 g/mol. The highest BCUT2D eigenvalue weighted by Gasteiger charge is 2.09. The summed E-state index contributed by atoms with van der Waals surface area (Å²) in [7, 11) is 3.04. The topological polar surface area (TPSA) is 43.4 Å². The van der Waals surface area contributed by atoms with Crippen LogP contribution in [0, 0.1) is 5.82 Å². The van der Waals surface area contributed by atoms with E-state index >= 15 is 0 Å². The van der Waals surface area contributed by atoms with E-state index in [1.807, 2.05) is 25.1 Å². The molecule has 21 heavy (non-hydrogen) atoms. The van der Waals surface area contributed by atoms with E-state index in [0.717, 1.165) is 11.1 Å². The van der Waals surface area contributed by atoms with Gasteiger partial charge in [0.2, 0.25) is 5.88 Å². The first kappa shape index (κ1) is 15.3. The number of hydrogen-bond acceptors (Lipinski definition) is 4. The molecule has 0 saturated carbocycles. The van der Waals surface area contributed by atoms with Crippen molar-refractivity contribution in [3.63, 3.8) is 0 Å². The number of aromatic nitrogens is 1. The molecule has 4 nitrogen and oxygen atoms in total. The number of nitrogens with one attached hydrogen (secondary N) is 1. The zero-order chi connectivity index (χ0) is 15.2. The predicted molar refractivity (Wildman–Crippen MR) is 79.0 cm³/mol. The first-order chi connectivity index (χ1) is 10.1. The number of benzene rings is 1. The summed E-state index contributed by atoms with van der Waals surface area (Å²) in [6.07, 6.45) is 1.70. The molecule has 1 N–H and O–H groups in total. The van der Waals surface area contributed by atoms with Crippen LogP contribution in [0.25, 0.3) is 0 Å². The maximum atomic E-state index is 13.7. The van der Waals surface area contributed by atoms with E-state index in [4.69, 9.17) is 9.47 Å². The summed E-state index contributed by atoms with van der Waals surface area (Å²) in [5, 5.41) is 3.34. The molecule has 0 saturated heterocycles. The lowest BCUT2D eigenvalue weighted by Crippen LogP contribution is -2.18. The summed E-state index contributed by atoms with van der Waals surface area (Å²) in [6, 6.07) is 8.78. The van der Waals surface area contributed by atoms with Crippen molar-refractivity contribution in [2.24, 2.45) is 0 Å². The highest BCUT2D eigenvalue weighted by molar-refractivity contribution is 5.31. The molecule has 2 aromatic rings. The van der Waals surface area contributed by atoms with Gasteiger partial charge in [0.15, 0.2) is 11.6 Å². The van der Waals surface area contributed by atoms with Gasteiger partial charge in [-0.2, -0.15) is 0 Å². The molecule has 0 fully saturated rings. The highest BCUT2D eigenvalue weighted by Crippen LogP contribution is 2.22. The summed E-state index contributed by atoms with van der Waals surface area (Å²) in [6.45, 7) is 2.63. The Kier molecular flexibility index (Phi) is 5.11. The number of methoxy groups -OCH3 is 2. The molecule has 1 unspecified atom stereocenters. The molecule has 0 aliphatic heterocycles. The fraction of sp³-hybridized carbons (Fsp3) is 0.312. The largest absolute Gasteiger partial charge is 0.494 e. The van der Waals surface area contributed by atoms with Crippen LogP contribution in [0.3, 0.4) is 0 Å². The van der Waals surface area contributed by atoms with Gasteiger partial charge in [0.25, 0.3) is 0 Å². The third-order valence-electron chi connectivity index (χ3n) is 3.30. The fourth-order valence-electron chi connectivity index (χ4n) is 2.01. The van der Waals surface area contributed by atoms with E-state index in [2.05, 4.69) is 10.3 Å². The van der Waals surface area contributed by atoms with Crippen molar-refractivity contribution in [2.45, 2.75) is 19.5 Å². The Hall–Kier alpha value is -2.14. The van der Waals surface area contributed by atoms with E-state index in [-0.39, 0.29) is 17.6 Å². The maximum absolute atomic E-state index is 13.7. The quantitative estimate of drug-likeness (QED) is 0.888. The van der Waals surface area contributed by atoms with Gasteiger partial charge in [-0.1, -0.05) is 6.07 Å². The minimum Gasteiger partial charge on any atom is -0.494 e. The van der Waals surface area contributed by atoms with Crippen molar-refractivity contribution in [3.05, 3.63) is 53.5 Å². The Bertz CT molecular complexity index is 605. The van der Waals surface area contributed by atoms with E-state index in [1.54, 1.807) is 19.4 Å². The van der Waals surface area contributed by atoms with Crippen LogP contribution in [-0.2, 0) is 6.54 Å². The number of pyridine rings is 1. The number of rotatable bonds is 6. The minimum absolute atomic E-state index is 0.0181. The third kappa shape index (κ3) is 3.92. The standard InChI is InChI=1S/C16H19FN2O2/c1-11(13-4-5-15(20-2)14(17)9-13)19-10-12-6-7-18-16(8-12)21-3/h4-9,11,19H,10H2,1-3H3. The van der Waals surface area contributed by atoms with E-state index in [0.29, 0.717) is 12.4 Å². The minimum atomic E-state index is -0.353. The van der Waals surface area contributed by atoms with Crippen molar-refractivity contribution >= 4 is 0 Å². The molecule has 0 bridgehead atoms. The molecule has 1 aromatic heterocycles. The van der Waals surface area contributed by atoms with Gasteiger partial charge in [-0.05, 0) is 36.2 Å². The molecule has 1 atom stereocenters. The lowest BCUT2D eigenvalue weighted by Gasteiger charge is -2.15. The molecule has 2 rings (SSSR count). The van der Waals surface area contributed by atoms with Crippen LogP contribution >= 0.6 is 0 Å². The molecule has 1 heterocycles. The van der Waals surface area contributed by atoms with Crippen LogP contribution < -0.4 is 14.8 Å². The molecular formula is C16H19FN2O2. The second-order valence-corrected chi connectivity index (χ2v) is 4.70. The van der Waals surface area contributed by atoms with Gasteiger partial charge in [0, 0.05) is 24.8 Å². The lowest BCUT2D eigenvalue weighted by molar-refractivity contribution is 0.385. The Labute approximate surface area is 123 Å². The number of nitrogens with zero attached hydrogens (tertiary/aromatic N) is 1. The van der Waals surface area contributed by atoms with Crippen LogP contribution in [0.4, 0.5) is 4.39 Å². The van der Waals surface area contributed by atoms with Crippen LogP contribution in [0.2, 0.25) is 0 Å². The first-order valence-electron chi connectivity index (χ1n) is 6.69. The van der Waals surface area contributed by atoms with E-state index in [9.17, 15) is 4.39 Å². The number of ether oxygens (including phenoxy) is 2. The molecule has 0 aliphatic rings. The Morgan fingerprint density at radius 1 is 1.19 bits per heavy atom. The predicted octanol–water partition coefficient (Wildman–Crippen LogP) is 3.09. The second kappa shape index (κ2) is 7.04. The molecule has 0 spiro atoms. The highest BCUT2D eigenvalue weighted by atomic mass is 19.1. The SMILES string of the molecule is COc1cc(CNC(C)c2ccc(OC)c(F)c2)ccn1. The monoisotopic (exact) mass is 290 g/mol. The summed E-state index contributed by atoms with van der Waals surface area (Å²) in [5.74, 6) is 0.483. The lowest BCUT2D eigenvalue weighted by atomic mass is 10.1. The Morgan fingerprint density at radius 2 is 2.00 bits per heavy atom. The normalized spacial score (nSPS) is 12.0. The smallest absolute Gasteiger partial charge is 0.213 e. The zero-order valence-corrected chi connectivity index (χ0v) is 12.4. The van der Waals surface area contributed by atoms with Gasteiger partial charge in [-0.3, -0.25) is 0 Å². The van der Waals surface area contributed by atoms with Crippen molar-refractivity contribution in [1.29, 1.82) is 0 Å². The first-order valence-corrected chi connectivity index (χ1v) is 6.69. The van der Waals surface area contributed by atoms with Gasteiger partial charge >= 0.3 is 0 Å². The van der Waals surface area contributed by atoms with Crippen LogP contribution in [0.5, 0.6) is 11.6 Å². The number of hydrogen-bond donors (Lipinski definition) is 1. The van der Waals surface area contributed by atoms with Gasteiger partial charge in [-0.15, -0.1) is 0 Å². The summed E-state index contributed by atoms with van der Waals surface area (Å²) in [4.78, 5) is 4.06. The van der Waals surface area contributed by atoms with Crippen LogP contribution in [-0.4, -0.2) is 19.2 Å². The van der Waals surface area contributed by atoms with Gasteiger partial charge < -0.3 is 14.8 Å². The summed E-state index contributed by atoms with van der Waals surface area (Å²) < 4.78 is 23.7. The molecule has 5 heteroatoms. The van der Waals surface area contributed by atoms with Crippen LogP contribution in [0.1, 0.15) is 24.1 Å². The van der Waals surface area contributed by atoms with Crippen molar-refractivity contribution < 1.29 is 13.9 Å². The maximum Gasteiger partial charge on any atom is 0.213 e. The molecule has 1 aromatic carbocycles. The molecule has 112 valence electrons. The van der Waals surface area contributed by atoms with Crippen molar-refractivity contribution in [3.8, 4) is 11.6 Å². The fourth-order valence-corrected chi connectivity index (χ4v) is 2.01. The molecule has 0 aliphatic carbocycles. The van der Waals surface area contributed by atoms with Crippen molar-refractivity contribution in [2.75, 3.05) is 14.2 Å². The third-order valence-corrected chi connectivity index (χ3v) is 3.30. The average Bonchev–Trinajstić information content (AvgIpc) is 2.52. The molecular weight excluding hydrogens is 271 g/mol. The molecule has 0 radical (unpaired) electrons. The van der Waals surface area contributed by atoms with Gasteiger partial charge in [0.1, 0.15) is 0 Å². The zero-order valence-electron chi connectivity index (χ0n) is 12.4. The van der Waals surface area contributed by atoms with Gasteiger partial charge in [0.05, 0.1) is 14.2 Å². The molecule has 0 amide bonds. The second-order valence-electron chi connectivity index (χ2n) is 4.70. The van der Waals surface area contributed by atoms with Crippen molar-refractivity contribution in [1.82, 2.24) is 10.3 Å². The van der Waals surface area contributed by atoms with Gasteiger partial charge in [-0.25, -0.2) is 9.37 Å². The summed E-state index contributed by atoms with van der Waals surface area (Å²) in [5.41, 5.74) is 1.93. The van der Waals surface area contributed by atoms with E-state index < -0.39 is 0 Å². The Balaban J connectivity index is 2.00. The Morgan fingerprint density at radius 3 is 2.67 bits per heavy atom. The number of halogens is 1.